The second kappa shape index (κ2) is 5.37. The number of hydrogen-bond acceptors (Lipinski definition) is 4. The summed E-state index contributed by atoms with van der Waals surface area (Å²) in [4.78, 5) is 12.2. The van der Waals surface area contributed by atoms with E-state index in [1.165, 1.54) is 20.8 Å². The molecule has 1 heterocycles. The number of carbonyl (C=O) groups excluding carboxylic acids is 1. The minimum atomic E-state index is -4.97. The zero-order valence-corrected chi connectivity index (χ0v) is 13.9. The molecule has 2 atom stereocenters. The van der Waals surface area contributed by atoms with Gasteiger partial charge in [0.1, 0.15) is 5.60 Å². The Hall–Kier alpha value is -0.820. The van der Waals surface area contributed by atoms with E-state index in [1.807, 2.05) is 0 Å². The van der Waals surface area contributed by atoms with Crippen LogP contribution in [-0.2, 0) is 14.3 Å². The molecule has 1 aliphatic heterocycles. The molecule has 0 amide bonds. The van der Waals surface area contributed by atoms with Crippen molar-refractivity contribution < 1.29 is 32.5 Å². The first-order valence-corrected chi connectivity index (χ1v) is 7.29. The van der Waals surface area contributed by atoms with Gasteiger partial charge in [-0.1, -0.05) is 6.92 Å². The largest absolute Gasteiger partial charge is 0.459 e. The number of rotatable bonds is 3. The highest BCUT2D eigenvalue weighted by Crippen LogP contribution is 2.49. The molecule has 0 saturated carbocycles. The second-order valence-electron chi connectivity index (χ2n) is 7.57. The minimum absolute atomic E-state index is 0.0594. The van der Waals surface area contributed by atoms with Gasteiger partial charge in [-0.3, -0.25) is 4.79 Å². The van der Waals surface area contributed by atoms with Crippen LogP contribution in [0.2, 0.25) is 0 Å². The van der Waals surface area contributed by atoms with Crippen molar-refractivity contribution in [1.82, 2.24) is 0 Å². The third-order valence-corrected chi connectivity index (χ3v) is 4.08. The van der Waals surface area contributed by atoms with Crippen molar-refractivity contribution in [3.8, 4) is 0 Å². The van der Waals surface area contributed by atoms with Gasteiger partial charge in [-0.2, -0.15) is 13.2 Å². The third kappa shape index (κ3) is 3.93. The summed E-state index contributed by atoms with van der Waals surface area (Å²) in [5, 5.41) is 9.91. The molecule has 1 fully saturated rings. The molecule has 0 aliphatic carbocycles. The lowest BCUT2D eigenvalue weighted by atomic mass is 9.80. The zero-order valence-electron chi connectivity index (χ0n) is 13.9. The fourth-order valence-electron chi connectivity index (χ4n) is 2.74. The van der Waals surface area contributed by atoms with E-state index in [1.54, 1.807) is 20.8 Å². The molecular weight excluding hydrogens is 301 g/mol. The average molecular weight is 326 g/mol. The maximum Gasteiger partial charge on any atom is 0.443 e. The Labute approximate surface area is 129 Å². The van der Waals surface area contributed by atoms with Gasteiger partial charge in [0.15, 0.2) is 0 Å². The fourth-order valence-corrected chi connectivity index (χ4v) is 2.74. The number of carbonyl (C=O) groups is 1. The van der Waals surface area contributed by atoms with Gasteiger partial charge in [0, 0.05) is 6.42 Å². The molecule has 1 N–H and O–H groups in total. The van der Waals surface area contributed by atoms with Crippen LogP contribution in [0.15, 0.2) is 0 Å². The summed E-state index contributed by atoms with van der Waals surface area (Å²) in [5.74, 6) is -3.92. The van der Waals surface area contributed by atoms with E-state index in [-0.39, 0.29) is 6.42 Å². The van der Waals surface area contributed by atoms with Gasteiger partial charge < -0.3 is 14.6 Å². The molecule has 7 heteroatoms. The van der Waals surface area contributed by atoms with Crippen LogP contribution in [0.1, 0.15) is 60.8 Å². The van der Waals surface area contributed by atoms with E-state index in [4.69, 9.17) is 9.47 Å². The normalized spacial score (nSPS) is 32.6. The predicted octanol–water partition coefficient (Wildman–Crippen LogP) is 3.56. The standard InChI is InChI=1S/C15H25F3O4/c1-7-11(2,3)10(19)21-13(6)8-12(4,5)22-14(20,9-13)15(16,17)18/h20H,7-9H2,1-6H3. The van der Waals surface area contributed by atoms with Gasteiger partial charge >= 0.3 is 12.1 Å². The molecule has 2 unspecified atom stereocenters. The molecule has 0 aromatic carbocycles. The summed E-state index contributed by atoms with van der Waals surface area (Å²) in [6.07, 6.45) is -5.27. The van der Waals surface area contributed by atoms with Gasteiger partial charge in [-0.25, -0.2) is 0 Å². The lowest BCUT2D eigenvalue weighted by molar-refractivity contribution is -0.420. The van der Waals surface area contributed by atoms with Crippen molar-refractivity contribution in [3.63, 3.8) is 0 Å². The van der Waals surface area contributed by atoms with Crippen LogP contribution in [0.25, 0.3) is 0 Å². The lowest BCUT2D eigenvalue weighted by Gasteiger charge is -2.50. The van der Waals surface area contributed by atoms with Crippen molar-refractivity contribution >= 4 is 5.97 Å². The highest BCUT2D eigenvalue weighted by molar-refractivity contribution is 5.76. The Morgan fingerprint density at radius 2 is 1.73 bits per heavy atom. The Morgan fingerprint density at radius 1 is 1.23 bits per heavy atom. The van der Waals surface area contributed by atoms with E-state index >= 15 is 0 Å². The smallest absolute Gasteiger partial charge is 0.443 e. The molecule has 4 nitrogen and oxygen atoms in total. The maximum atomic E-state index is 13.1. The number of esters is 1. The van der Waals surface area contributed by atoms with Crippen LogP contribution >= 0.6 is 0 Å². The van der Waals surface area contributed by atoms with Crippen molar-refractivity contribution in [1.29, 1.82) is 0 Å². The van der Waals surface area contributed by atoms with Gasteiger partial charge in [0.2, 0.25) is 0 Å². The summed E-state index contributed by atoms with van der Waals surface area (Å²) < 4.78 is 49.6. The molecule has 22 heavy (non-hydrogen) atoms. The molecule has 0 spiro atoms. The Bertz CT molecular complexity index is 445. The SMILES string of the molecule is CCC(C)(C)C(=O)OC1(C)CC(C)(C)OC(O)(C(F)(F)F)C1. The third-order valence-electron chi connectivity index (χ3n) is 4.08. The molecule has 0 bridgehead atoms. The first-order chi connectivity index (χ1) is 9.56. The predicted molar refractivity (Wildman–Crippen MR) is 74.0 cm³/mol. The quantitative estimate of drug-likeness (QED) is 0.806. The summed E-state index contributed by atoms with van der Waals surface area (Å²) in [6.45, 7) is 9.39. The first-order valence-electron chi connectivity index (χ1n) is 7.29. The zero-order chi connectivity index (χ0) is 17.6. The molecular formula is C15H25F3O4. The van der Waals surface area contributed by atoms with Crippen molar-refractivity contribution in [3.05, 3.63) is 0 Å². The highest BCUT2D eigenvalue weighted by atomic mass is 19.4. The van der Waals surface area contributed by atoms with Crippen LogP contribution in [0.3, 0.4) is 0 Å². The summed E-state index contributed by atoms with van der Waals surface area (Å²) in [5.41, 5.74) is -3.55. The number of ether oxygens (including phenoxy) is 2. The molecule has 0 aromatic heterocycles. The Balaban J connectivity index is 3.10. The summed E-state index contributed by atoms with van der Waals surface area (Å²) in [6, 6.07) is 0. The van der Waals surface area contributed by atoms with Gasteiger partial charge in [0.05, 0.1) is 17.4 Å². The topological polar surface area (TPSA) is 55.8 Å². The van der Waals surface area contributed by atoms with Gasteiger partial charge in [-0.05, 0) is 41.0 Å². The van der Waals surface area contributed by atoms with Gasteiger partial charge in [-0.15, -0.1) is 0 Å². The van der Waals surface area contributed by atoms with Crippen LogP contribution < -0.4 is 0 Å². The maximum absolute atomic E-state index is 13.1. The number of alkyl halides is 3. The number of aliphatic hydroxyl groups is 1. The monoisotopic (exact) mass is 326 g/mol. The average Bonchev–Trinajstić information content (AvgIpc) is 2.23. The van der Waals surface area contributed by atoms with Crippen LogP contribution in [0.4, 0.5) is 13.2 Å². The summed E-state index contributed by atoms with van der Waals surface area (Å²) >= 11 is 0. The summed E-state index contributed by atoms with van der Waals surface area (Å²) in [7, 11) is 0. The van der Waals surface area contributed by atoms with Crippen molar-refractivity contribution in [2.75, 3.05) is 0 Å². The van der Waals surface area contributed by atoms with Crippen LogP contribution in [0, 0.1) is 5.41 Å². The highest BCUT2D eigenvalue weighted by Gasteiger charge is 2.64. The van der Waals surface area contributed by atoms with Crippen LogP contribution in [0.5, 0.6) is 0 Å². The molecule has 0 aromatic rings. The molecule has 1 rings (SSSR count). The van der Waals surface area contributed by atoms with E-state index in [0.717, 1.165) is 0 Å². The minimum Gasteiger partial charge on any atom is -0.459 e. The molecule has 0 radical (unpaired) electrons. The van der Waals surface area contributed by atoms with E-state index in [9.17, 15) is 23.1 Å². The lowest BCUT2D eigenvalue weighted by Crippen LogP contribution is -2.63. The first kappa shape index (κ1) is 19.2. The molecule has 1 aliphatic rings. The van der Waals surface area contributed by atoms with E-state index in [2.05, 4.69) is 0 Å². The van der Waals surface area contributed by atoms with Gasteiger partial charge in [0.25, 0.3) is 5.79 Å². The Kier molecular flexibility index (Phi) is 4.69. The number of hydrogen-bond donors (Lipinski definition) is 1. The van der Waals surface area contributed by atoms with Crippen LogP contribution in [-0.4, -0.2) is 34.2 Å². The van der Waals surface area contributed by atoms with E-state index in [0.29, 0.717) is 6.42 Å². The van der Waals surface area contributed by atoms with Crippen molar-refractivity contribution in [2.24, 2.45) is 5.41 Å². The molecule has 130 valence electrons. The fraction of sp³-hybridized carbons (Fsp3) is 0.933. The Morgan fingerprint density at radius 3 is 2.14 bits per heavy atom. The van der Waals surface area contributed by atoms with E-state index < -0.39 is 41.0 Å². The second-order valence-corrected chi connectivity index (χ2v) is 7.57. The molecule has 1 saturated heterocycles. The number of halogens is 3. The van der Waals surface area contributed by atoms with Crippen molar-refractivity contribution in [2.45, 2.75) is 84.0 Å².